The van der Waals surface area contributed by atoms with Gasteiger partial charge in [0.15, 0.2) is 21.4 Å². The number of hydrogen-bond acceptors (Lipinski definition) is 4. The average Bonchev–Trinajstić information content (AvgIpc) is 2.63. The van der Waals surface area contributed by atoms with E-state index in [4.69, 9.17) is 4.74 Å². The lowest BCUT2D eigenvalue weighted by Gasteiger charge is -2.23. The van der Waals surface area contributed by atoms with Crippen LogP contribution in [0.25, 0.3) is 0 Å². The van der Waals surface area contributed by atoms with Crippen LogP contribution in [0.3, 0.4) is 0 Å². The fraction of sp³-hybridized carbons (Fsp3) is 0.462. The number of carbonyl (C=O) groups is 1. The van der Waals surface area contributed by atoms with Crippen LogP contribution in [-0.2, 0) is 9.84 Å². The fourth-order valence-corrected chi connectivity index (χ4v) is 4.36. The standard InChI is InChI=1S/C13H16FNO4S/c1-13(5-6-20(17,18)8-13)15-12(16)9-3-4-11(19-2)10(14)7-9/h3-4,7H,5-6,8H2,1-2H3,(H,15,16). The van der Waals surface area contributed by atoms with Gasteiger partial charge in [0.1, 0.15) is 0 Å². The molecule has 1 fully saturated rings. The van der Waals surface area contributed by atoms with Gasteiger partial charge in [-0.05, 0) is 31.5 Å². The fourth-order valence-electron chi connectivity index (χ4n) is 2.26. The number of halogens is 1. The lowest BCUT2D eigenvalue weighted by molar-refractivity contribution is 0.0915. The minimum absolute atomic E-state index is 0.0520. The monoisotopic (exact) mass is 301 g/mol. The highest BCUT2D eigenvalue weighted by Gasteiger charge is 2.39. The number of amides is 1. The first-order chi connectivity index (χ1) is 9.25. The largest absolute Gasteiger partial charge is 0.494 e. The first-order valence-corrected chi connectivity index (χ1v) is 7.93. The Bertz CT molecular complexity index is 644. The van der Waals surface area contributed by atoms with Crippen LogP contribution in [-0.4, -0.2) is 38.5 Å². The number of hydrogen-bond donors (Lipinski definition) is 1. The summed E-state index contributed by atoms with van der Waals surface area (Å²) in [7, 11) is -1.77. The Balaban J connectivity index is 2.15. The highest BCUT2D eigenvalue weighted by molar-refractivity contribution is 7.91. The number of benzene rings is 1. The van der Waals surface area contributed by atoms with Crippen LogP contribution in [0.5, 0.6) is 5.75 Å². The van der Waals surface area contributed by atoms with E-state index in [0.717, 1.165) is 6.07 Å². The summed E-state index contributed by atoms with van der Waals surface area (Å²) in [5.41, 5.74) is -0.666. The van der Waals surface area contributed by atoms with E-state index in [1.54, 1.807) is 6.92 Å². The van der Waals surface area contributed by atoms with Gasteiger partial charge in [-0.3, -0.25) is 4.79 Å². The van der Waals surface area contributed by atoms with Crippen LogP contribution >= 0.6 is 0 Å². The molecule has 1 unspecified atom stereocenters. The van der Waals surface area contributed by atoms with Crippen molar-refractivity contribution in [3.05, 3.63) is 29.6 Å². The van der Waals surface area contributed by atoms with Crippen molar-refractivity contribution in [3.63, 3.8) is 0 Å². The average molecular weight is 301 g/mol. The van der Waals surface area contributed by atoms with Crippen molar-refractivity contribution in [1.82, 2.24) is 5.32 Å². The predicted molar refractivity (Wildman–Crippen MR) is 72.1 cm³/mol. The van der Waals surface area contributed by atoms with Gasteiger partial charge >= 0.3 is 0 Å². The van der Waals surface area contributed by atoms with Crippen LogP contribution in [0.2, 0.25) is 0 Å². The molecule has 0 saturated carbocycles. The molecule has 5 nitrogen and oxygen atoms in total. The Hall–Kier alpha value is -1.63. The zero-order chi connectivity index (χ0) is 15.0. The third kappa shape index (κ3) is 3.09. The molecule has 1 atom stereocenters. The third-order valence-electron chi connectivity index (χ3n) is 3.33. The molecular formula is C13H16FNO4S. The lowest BCUT2D eigenvalue weighted by atomic mass is 10.0. The van der Waals surface area contributed by atoms with E-state index in [9.17, 15) is 17.6 Å². The lowest BCUT2D eigenvalue weighted by Crippen LogP contribution is -2.46. The van der Waals surface area contributed by atoms with Gasteiger partial charge in [0, 0.05) is 5.56 Å². The van der Waals surface area contributed by atoms with E-state index in [1.165, 1.54) is 19.2 Å². The molecule has 110 valence electrons. The second-order valence-corrected chi connectivity index (χ2v) is 7.39. The van der Waals surface area contributed by atoms with E-state index in [1.807, 2.05) is 0 Å². The minimum atomic E-state index is -3.11. The smallest absolute Gasteiger partial charge is 0.251 e. The van der Waals surface area contributed by atoms with Gasteiger partial charge in [0.25, 0.3) is 5.91 Å². The molecule has 7 heteroatoms. The molecule has 1 N–H and O–H groups in total. The van der Waals surface area contributed by atoms with E-state index in [0.29, 0.717) is 6.42 Å². The summed E-state index contributed by atoms with van der Waals surface area (Å²) in [5, 5.41) is 2.67. The van der Waals surface area contributed by atoms with Gasteiger partial charge in [-0.15, -0.1) is 0 Å². The summed E-state index contributed by atoms with van der Waals surface area (Å²) < 4.78 is 41.3. The van der Waals surface area contributed by atoms with Gasteiger partial charge in [-0.25, -0.2) is 12.8 Å². The number of methoxy groups -OCH3 is 1. The van der Waals surface area contributed by atoms with Crippen LogP contribution in [0.1, 0.15) is 23.7 Å². The number of sulfone groups is 1. The van der Waals surface area contributed by atoms with Gasteiger partial charge in [0.05, 0.1) is 24.2 Å². The second-order valence-electron chi connectivity index (χ2n) is 5.21. The summed E-state index contributed by atoms with van der Waals surface area (Å²) in [5.74, 6) is -1.11. The highest BCUT2D eigenvalue weighted by Crippen LogP contribution is 2.24. The summed E-state index contributed by atoms with van der Waals surface area (Å²) in [4.78, 5) is 12.1. The molecule has 0 spiro atoms. The van der Waals surface area contributed by atoms with Crippen molar-refractivity contribution in [3.8, 4) is 5.75 Å². The Morgan fingerprint density at radius 1 is 1.45 bits per heavy atom. The van der Waals surface area contributed by atoms with Crippen molar-refractivity contribution in [2.75, 3.05) is 18.6 Å². The SMILES string of the molecule is COc1ccc(C(=O)NC2(C)CCS(=O)(=O)C2)cc1F. The summed E-state index contributed by atoms with van der Waals surface area (Å²) in [6.45, 7) is 1.68. The number of ether oxygens (including phenoxy) is 1. The Kier molecular flexibility index (Phi) is 3.73. The second kappa shape index (κ2) is 5.05. The summed E-state index contributed by atoms with van der Waals surface area (Å²) in [6, 6.07) is 3.86. The zero-order valence-corrected chi connectivity index (χ0v) is 12.1. The van der Waals surface area contributed by atoms with Crippen LogP contribution in [0, 0.1) is 5.82 Å². The molecule has 1 aliphatic rings. The maximum absolute atomic E-state index is 13.5. The topological polar surface area (TPSA) is 72.5 Å². The van der Waals surface area contributed by atoms with Crippen molar-refractivity contribution < 1.29 is 22.3 Å². The molecule has 1 aliphatic heterocycles. The quantitative estimate of drug-likeness (QED) is 0.909. The zero-order valence-electron chi connectivity index (χ0n) is 11.3. The van der Waals surface area contributed by atoms with Crippen molar-refractivity contribution in [1.29, 1.82) is 0 Å². The maximum Gasteiger partial charge on any atom is 0.251 e. The number of carbonyl (C=O) groups excluding carboxylic acids is 1. The highest BCUT2D eigenvalue weighted by atomic mass is 32.2. The Labute approximate surface area is 117 Å². The first-order valence-electron chi connectivity index (χ1n) is 6.11. The molecular weight excluding hydrogens is 285 g/mol. The minimum Gasteiger partial charge on any atom is -0.494 e. The molecule has 2 rings (SSSR count). The van der Waals surface area contributed by atoms with Crippen molar-refractivity contribution >= 4 is 15.7 Å². The molecule has 0 aromatic heterocycles. The molecule has 1 saturated heterocycles. The van der Waals surface area contributed by atoms with Gasteiger partial charge in [0.2, 0.25) is 0 Å². The van der Waals surface area contributed by atoms with Gasteiger partial charge < -0.3 is 10.1 Å². The molecule has 1 aromatic rings. The molecule has 0 radical (unpaired) electrons. The van der Waals surface area contributed by atoms with Gasteiger partial charge in [-0.2, -0.15) is 0 Å². The third-order valence-corrected chi connectivity index (χ3v) is 5.24. The first kappa shape index (κ1) is 14.8. The van der Waals surface area contributed by atoms with E-state index in [-0.39, 0.29) is 22.8 Å². The molecule has 1 amide bonds. The van der Waals surface area contributed by atoms with E-state index >= 15 is 0 Å². The van der Waals surface area contributed by atoms with Crippen molar-refractivity contribution in [2.24, 2.45) is 0 Å². The molecule has 1 aromatic carbocycles. The normalized spacial score (nSPS) is 24.4. The van der Waals surface area contributed by atoms with Crippen LogP contribution < -0.4 is 10.1 Å². The van der Waals surface area contributed by atoms with E-state index < -0.39 is 27.1 Å². The maximum atomic E-state index is 13.5. The molecule has 1 heterocycles. The summed E-state index contributed by atoms with van der Waals surface area (Å²) in [6.07, 6.45) is 0.361. The van der Waals surface area contributed by atoms with Crippen molar-refractivity contribution in [2.45, 2.75) is 18.9 Å². The van der Waals surface area contributed by atoms with Crippen LogP contribution in [0.4, 0.5) is 4.39 Å². The molecule has 0 bridgehead atoms. The van der Waals surface area contributed by atoms with Gasteiger partial charge in [-0.1, -0.05) is 0 Å². The van der Waals surface area contributed by atoms with E-state index in [2.05, 4.69) is 5.32 Å². The Morgan fingerprint density at radius 3 is 2.65 bits per heavy atom. The summed E-state index contributed by atoms with van der Waals surface area (Å²) >= 11 is 0. The molecule has 20 heavy (non-hydrogen) atoms. The number of rotatable bonds is 3. The van der Waals surface area contributed by atoms with Crippen LogP contribution in [0.15, 0.2) is 18.2 Å². The number of nitrogens with one attached hydrogen (secondary N) is 1. The Morgan fingerprint density at radius 2 is 2.15 bits per heavy atom. The molecule has 0 aliphatic carbocycles. The predicted octanol–water partition coefficient (Wildman–Crippen LogP) is 1.14.